The molecule has 0 aliphatic carbocycles. The molecule has 15 heavy (non-hydrogen) atoms. The summed E-state index contributed by atoms with van der Waals surface area (Å²) in [6.07, 6.45) is 3.38. The second kappa shape index (κ2) is 4.57. The van der Waals surface area contributed by atoms with Crippen LogP contribution in [0.25, 0.3) is 0 Å². The second-order valence-corrected chi connectivity index (χ2v) is 3.66. The van der Waals surface area contributed by atoms with Gasteiger partial charge in [0.1, 0.15) is 0 Å². The molecule has 2 nitrogen and oxygen atoms in total. The zero-order chi connectivity index (χ0) is 10.7. The fourth-order valence-corrected chi connectivity index (χ4v) is 1.64. The lowest BCUT2D eigenvalue weighted by atomic mass is 10.2. The van der Waals surface area contributed by atoms with Gasteiger partial charge in [-0.3, -0.25) is 0 Å². The van der Waals surface area contributed by atoms with Gasteiger partial charge in [-0.05, 0) is 25.0 Å². The molecule has 1 aromatic rings. The van der Waals surface area contributed by atoms with Crippen LogP contribution in [0, 0.1) is 11.6 Å². The Morgan fingerprint density at radius 1 is 1.00 bits per heavy atom. The number of hydrogen-bond acceptors (Lipinski definition) is 2. The molecule has 0 spiro atoms. The van der Waals surface area contributed by atoms with E-state index in [-0.39, 0.29) is 0 Å². The van der Waals surface area contributed by atoms with E-state index in [1.807, 2.05) is 0 Å². The van der Waals surface area contributed by atoms with Gasteiger partial charge in [0.05, 0.1) is 0 Å². The van der Waals surface area contributed by atoms with Crippen molar-refractivity contribution in [2.75, 3.05) is 13.1 Å². The first-order valence-corrected chi connectivity index (χ1v) is 5.14. The SMILES string of the molecule is Fc1ccc(ON2CCCCC2)cc1F. The smallest absolute Gasteiger partial charge is 0.162 e. The van der Waals surface area contributed by atoms with Gasteiger partial charge >= 0.3 is 0 Å². The Labute approximate surface area is 87.4 Å². The maximum Gasteiger partial charge on any atom is 0.162 e. The van der Waals surface area contributed by atoms with Gasteiger partial charge in [0.2, 0.25) is 0 Å². The van der Waals surface area contributed by atoms with Crippen molar-refractivity contribution in [3.63, 3.8) is 0 Å². The molecule has 1 aliphatic heterocycles. The van der Waals surface area contributed by atoms with Gasteiger partial charge in [-0.25, -0.2) is 8.78 Å². The van der Waals surface area contributed by atoms with Gasteiger partial charge in [-0.2, -0.15) is 0 Å². The van der Waals surface area contributed by atoms with E-state index >= 15 is 0 Å². The molecule has 1 saturated heterocycles. The van der Waals surface area contributed by atoms with E-state index in [1.165, 1.54) is 12.5 Å². The average molecular weight is 213 g/mol. The van der Waals surface area contributed by atoms with Crippen molar-refractivity contribution < 1.29 is 13.6 Å². The van der Waals surface area contributed by atoms with Crippen molar-refractivity contribution in [2.45, 2.75) is 19.3 Å². The minimum Gasteiger partial charge on any atom is -0.406 e. The first-order chi connectivity index (χ1) is 7.25. The molecule has 1 aromatic carbocycles. The highest BCUT2D eigenvalue weighted by Crippen LogP contribution is 2.18. The predicted octanol–water partition coefficient (Wildman–Crippen LogP) is 2.74. The first-order valence-electron chi connectivity index (χ1n) is 5.14. The minimum absolute atomic E-state index is 0.357. The Morgan fingerprint density at radius 2 is 1.73 bits per heavy atom. The Hall–Kier alpha value is -1.16. The average Bonchev–Trinajstić information content (AvgIpc) is 2.25. The van der Waals surface area contributed by atoms with Crippen LogP contribution in [0.5, 0.6) is 5.75 Å². The van der Waals surface area contributed by atoms with Gasteiger partial charge in [0.15, 0.2) is 17.4 Å². The predicted molar refractivity (Wildman–Crippen MR) is 52.4 cm³/mol. The number of hydroxylamine groups is 2. The second-order valence-electron chi connectivity index (χ2n) is 3.66. The fraction of sp³-hybridized carbons (Fsp3) is 0.455. The van der Waals surface area contributed by atoms with Crippen molar-refractivity contribution in [1.29, 1.82) is 0 Å². The standard InChI is InChI=1S/C11H13F2NO/c12-10-5-4-9(8-11(10)13)15-14-6-2-1-3-7-14/h4-5,8H,1-3,6-7H2. The number of halogens is 2. The summed E-state index contributed by atoms with van der Waals surface area (Å²) in [7, 11) is 0. The quantitative estimate of drug-likeness (QED) is 0.749. The van der Waals surface area contributed by atoms with Gasteiger partial charge in [-0.1, -0.05) is 6.42 Å². The number of rotatable bonds is 2. The third kappa shape index (κ3) is 2.65. The normalized spacial score (nSPS) is 17.7. The number of nitrogens with zero attached hydrogens (tertiary/aromatic N) is 1. The lowest BCUT2D eigenvalue weighted by Crippen LogP contribution is -2.32. The summed E-state index contributed by atoms with van der Waals surface area (Å²) in [4.78, 5) is 5.42. The molecule has 1 heterocycles. The molecular formula is C11H13F2NO. The van der Waals surface area contributed by atoms with Crippen LogP contribution in [0.1, 0.15) is 19.3 Å². The molecule has 0 aromatic heterocycles. The van der Waals surface area contributed by atoms with E-state index in [1.54, 1.807) is 5.06 Å². The van der Waals surface area contributed by atoms with E-state index in [9.17, 15) is 8.78 Å². The zero-order valence-electron chi connectivity index (χ0n) is 8.38. The molecule has 1 aliphatic rings. The van der Waals surface area contributed by atoms with Crippen molar-refractivity contribution >= 4 is 0 Å². The summed E-state index contributed by atoms with van der Waals surface area (Å²) in [6, 6.07) is 3.59. The topological polar surface area (TPSA) is 12.5 Å². The highest BCUT2D eigenvalue weighted by atomic mass is 19.2. The molecule has 0 amide bonds. The van der Waals surface area contributed by atoms with Gasteiger partial charge < -0.3 is 4.84 Å². The van der Waals surface area contributed by atoms with Gasteiger partial charge in [0, 0.05) is 19.2 Å². The Bertz CT molecular complexity index is 337. The summed E-state index contributed by atoms with van der Waals surface area (Å²) in [5.74, 6) is -1.36. The lowest BCUT2D eigenvalue weighted by Gasteiger charge is -2.25. The Balaban J connectivity index is 2.00. The molecule has 4 heteroatoms. The van der Waals surface area contributed by atoms with Crippen LogP contribution in [-0.4, -0.2) is 18.2 Å². The monoisotopic (exact) mass is 213 g/mol. The summed E-state index contributed by atoms with van der Waals surface area (Å²) in [6.45, 7) is 1.69. The molecule has 1 fully saturated rings. The highest BCUT2D eigenvalue weighted by Gasteiger charge is 2.12. The number of piperidine rings is 1. The van der Waals surface area contributed by atoms with Gasteiger partial charge in [-0.15, -0.1) is 5.06 Å². The zero-order valence-corrected chi connectivity index (χ0v) is 8.38. The van der Waals surface area contributed by atoms with Crippen LogP contribution in [0.15, 0.2) is 18.2 Å². The molecule has 0 N–H and O–H groups in total. The van der Waals surface area contributed by atoms with Crippen LogP contribution in [0.3, 0.4) is 0 Å². The highest BCUT2D eigenvalue weighted by molar-refractivity contribution is 5.23. The van der Waals surface area contributed by atoms with Crippen molar-refractivity contribution in [1.82, 2.24) is 5.06 Å². The maximum atomic E-state index is 12.9. The van der Waals surface area contributed by atoms with Crippen molar-refractivity contribution in [3.8, 4) is 5.75 Å². The summed E-state index contributed by atoms with van der Waals surface area (Å²) >= 11 is 0. The molecule has 0 atom stereocenters. The maximum absolute atomic E-state index is 12.9. The van der Waals surface area contributed by atoms with Gasteiger partial charge in [0.25, 0.3) is 0 Å². The molecule has 82 valence electrons. The fourth-order valence-electron chi connectivity index (χ4n) is 1.64. The van der Waals surface area contributed by atoms with E-state index in [0.717, 1.165) is 38.1 Å². The first kappa shape index (κ1) is 10.4. The summed E-state index contributed by atoms with van der Waals surface area (Å²) in [5.41, 5.74) is 0. The largest absolute Gasteiger partial charge is 0.406 e. The van der Waals surface area contributed by atoms with Crippen LogP contribution in [-0.2, 0) is 0 Å². The third-order valence-electron chi connectivity index (χ3n) is 2.44. The Kier molecular flexibility index (Phi) is 3.16. The van der Waals surface area contributed by atoms with Crippen LogP contribution in [0.4, 0.5) is 8.78 Å². The van der Waals surface area contributed by atoms with Crippen molar-refractivity contribution in [2.24, 2.45) is 0 Å². The van der Waals surface area contributed by atoms with Crippen molar-refractivity contribution in [3.05, 3.63) is 29.8 Å². The molecular weight excluding hydrogens is 200 g/mol. The van der Waals surface area contributed by atoms with E-state index < -0.39 is 11.6 Å². The van der Waals surface area contributed by atoms with Crippen LogP contribution in [0.2, 0.25) is 0 Å². The van der Waals surface area contributed by atoms with E-state index in [2.05, 4.69) is 0 Å². The Morgan fingerprint density at radius 3 is 2.40 bits per heavy atom. The van der Waals surface area contributed by atoms with Crippen LogP contribution >= 0.6 is 0 Å². The summed E-state index contributed by atoms with van der Waals surface area (Å²) < 4.78 is 25.5. The molecule has 2 rings (SSSR count). The van der Waals surface area contributed by atoms with Crippen LogP contribution < -0.4 is 4.84 Å². The van der Waals surface area contributed by atoms with E-state index in [0.29, 0.717) is 5.75 Å². The third-order valence-corrected chi connectivity index (χ3v) is 2.44. The molecule has 0 unspecified atom stereocenters. The number of benzene rings is 1. The molecule has 0 saturated carbocycles. The summed E-state index contributed by atoms with van der Waals surface area (Å²) in [5, 5.41) is 1.79. The molecule has 0 bridgehead atoms. The minimum atomic E-state index is -0.871. The van der Waals surface area contributed by atoms with E-state index in [4.69, 9.17) is 4.84 Å². The number of hydrogen-bond donors (Lipinski definition) is 0. The lowest BCUT2D eigenvalue weighted by molar-refractivity contribution is -0.0722. The molecule has 0 radical (unpaired) electrons.